The lowest BCUT2D eigenvalue weighted by Crippen LogP contribution is -2.36. The fourth-order valence-corrected chi connectivity index (χ4v) is 1.55. The molecule has 5 heteroatoms. The van der Waals surface area contributed by atoms with Gasteiger partial charge in [-0.2, -0.15) is 0 Å². The molecule has 0 saturated heterocycles. The zero-order chi connectivity index (χ0) is 12.7. The van der Waals surface area contributed by atoms with Gasteiger partial charge in [-0.1, -0.05) is 6.92 Å². The Balaban J connectivity index is 2.80. The summed E-state index contributed by atoms with van der Waals surface area (Å²) in [4.78, 5) is 10.5. The van der Waals surface area contributed by atoms with Gasteiger partial charge < -0.3 is 15.4 Å². The Kier molecular flexibility index (Phi) is 5.69. The highest BCUT2D eigenvalue weighted by atomic mass is 16.5. The number of aromatic nitrogens is 2. The van der Waals surface area contributed by atoms with Crippen LogP contribution in [0.1, 0.15) is 27.2 Å². The van der Waals surface area contributed by atoms with E-state index in [4.69, 9.17) is 10.5 Å². The van der Waals surface area contributed by atoms with Crippen molar-refractivity contribution in [2.75, 3.05) is 24.6 Å². The monoisotopic (exact) mass is 238 g/mol. The Hall–Kier alpha value is -1.36. The van der Waals surface area contributed by atoms with E-state index < -0.39 is 0 Å². The second-order valence-electron chi connectivity index (χ2n) is 4.14. The molecule has 0 saturated carbocycles. The van der Waals surface area contributed by atoms with Crippen molar-refractivity contribution in [3.8, 4) is 5.88 Å². The summed E-state index contributed by atoms with van der Waals surface area (Å²) < 4.78 is 5.49. The van der Waals surface area contributed by atoms with E-state index in [1.54, 1.807) is 0 Å². The number of rotatable bonds is 7. The van der Waals surface area contributed by atoms with Gasteiger partial charge in [-0.05, 0) is 20.3 Å². The van der Waals surface area contributed by atoms with Crippen molar-refractivity contribution >= 4 is 5.82 Å². The fourth-order valence-electron chi connectivity index (χ4n) is 1.55. The SMILES string of the molecule is CCCOc1cc(N(CCN)C(C)C)ncn1. The van der Waals surface area contributed by atoms with Crippen molar-refractivity contribution in [2.45, 2.75) is 33.2 Å². The maximum absolute atomic E-state index is 5.61. The Bertz CT molecular complexity index is 330. The Morgan fingerprint density at radius 3 is 2.76 bits per heavy atom. The quantitative estimate of drug-likeness (QED) is 0.778. The Morgan fingerprint density at radius 1 is 1.41 bits per heavy atom. The second-order valence-corrected chi connectivity index (χ2v) is 4.14. The van der Waals surface area contributed by atoms with Crippen LogP contribution in [0.15, 0.2) is 12.4 Å². The molecule has 5 nitrogen and oxygen atoms in total. The summed E-state index contributed by atoms with van der Waals surface area (Å²) in [6, 6.07) is 2.22. The third-order valence-corrected chi connectivity index (χ3v) is 2.37. The van der Waals surface area contributed by atoms with Crippen LogP contribution in [-0.2, 0) is 0 Å². The van der Waals surface area contributed by atoms with Crippen LogP contribution in [0.5, 0.6) is 5.88 Å². The van der Waals surface area contributed by atoms with Gasteiger partial charge in [0, 0.05) is 25.2 Å². The van der Waals surface area contributed by atoms with Crippen LogP contribution in [-0.4, -0.2) is 35.7 Å². The van der Waals surface area contributed by atoms with E-state index in [0.717, 1.165) is 18.8 Å². The van der Waals surface area contributed by atoms with Crippen LogP contribution in [0.4, 0.5) is 5.82 Å². The van der Waals surface area contributed by atoms with Crippen LogP contribution < -0.4 is 15.4 Å². The predicted octanol–water partition coefficient (Wildman–Crippen LogP) is 1.44. The number of nitrogens with two attached hydrogens (primary N) is 1. The molecule has 0 spiro atoms. The molecule has 1 aromatic rings. The third-order valence-electron chi connectivity index (χ3n) is 2.37. The van der Waals surface area contributed by atoms with E-state index in [1.807, 2.05) is 6.07 Å². The lowest BCUT2D eigenvalue weighted by molar-refractivity contribution is 0.304. The number of ether oxygens (including phenoxy) is 1. The molecule has 0 fully saturated rings. The molecule has 2 N–H and O–H groups in total. The van der Waals surface area contributed by atoms with E-state index in [9.17, 15) is 0 Å². The van der Waals surface area contributed by atoms with Crippen molar-refractivity contribution in [3.63, 3.8) is 0 Å². The van der Waals surface area contributed by atoms with Gasteiger partial charge in [0.1, 0.15) is 12.1 Å². The third kappa shape index (κ3) is 4.19. The van der Waals surface area contributed by atoms with Crippen LogP contribution in [0.2, 0.25) is 0 Å². The molecule has 0 aliphatic carbocycles. The summed E-state index contributed by atoms with van der Waals surface area (Å²) in [6.45, 7) is 8.36. The molecule has 0 aliphatic heterocycles. The van der Waals surface area contributed by atoms with Crippen LogP contribution >= 0.6 is 0 Å². The number of anilines is 1. The highest BCUT2D eigenvalue weighted by Crippen LogP contribution is 2.17. The average Bonchev–Trinajstić information content (AvgIpc) is 2.33. The number of nitrogens with zero attached hydrogens (tertiary/aromatic N) is 3. The average molecular weight is 238 g/mol. The first-order valence-corrected chi connectivity index (χ1v) is 6.10. The lowest BCUT2D eigenvalue weighted by Gasteiger charge is -2.27. The van der Waals surface area contributed by atoms with Crippen molar-refractivity contribution in [3.05, 3.63) is 12.4 Å². The zero-order valence-corrected chi connectivity index (χ0v) is 10.9. The van der Waals surface area contributed by atoms with E-state index in [2.05, 4.69) is 35.6 Å². The van der Waals surface area contributed by atoms with Crippen LogP contribution in [0.3, 0.4) is 0 Å². The summed E-state index contributed by atoms with van der Waals surface area (Å²) in [7, 11) is 0. The van der Waals surface area contributed by atoms with Gasteiger partial charge in [-0.15, -0.1) is 0 Å². The Morgan fingerprint density at radius 2 is 2.18 bits per heavy atom. The summed E-state index contributed by atoms with van der Waals surface area (Å²) in [5.41, 5.74) is 5.61. The van der Waals surface area contributed by atoms with E-state index in [-0.39, 0.29) is 0 Å². The maximum Gasteiger partial charge on any atom is 0.218 e. The van der Waals surface area contributed by atoms with Crippen LogP contribution in [0, 0.1) is 0 Å². The summed E-state index contributed by atoms with van der Waals surface area (Å²) in [5, 5.41) is 0. The van der Waals surface area contributed by atoms with Gasteiger partial charge in [0.15, 0.2) is 0 Å². The summed E-state index contributed by atoms with van der Waals surface area (Å²) >= 11 is 0. The van der Waals surface area contributed by atoms with E-state index >= 15 is 0 Å². The first-order valence-electron chi connectivity index (χ1n) is 6.10. The highest BCUT2D eigenvalue weighted by Gasteiger charge is 2.12. The largest absolute Gasteiger partial charge is 0.478 e. The molecule has 1 heterocycles. The van der Waals surface area contributed by atoms with E-state index in [1.165, 1.54) is 6.33 Å². The van der Waals surface area contributed by atoms with Crippen LogP contribution in [0.25, 0.3) is 0 Å². The molecule has 17 heavy (non-hydrogen) atoms. The predicted molar refractivity (Wildman–Crippen MR) is 69.4 cm³/mol. The van der Waals surface area contributed by atoms with Crippen molar-refractivity contribution in [1.29, 1.82) is 0 Å². The number of hydrogen-bond acceptors (Lipinski definition) is 5. The molecule has 0 atom stereocenters. The smallest absolute Gasteiger partial charge is 0.218 e. The zero-order valence-electron chi connectivity index (χ0n) is 10.9. The highest BCUT2D eigenvalue weighted by molar-refractivity contribution is 5.41. The van der Waals surface area contributed by atoms with Gasteiger partial charge in [0.2, 0.25) is 5.88 Å². The van der Waals surface area contributed by atoms with Gasteiger partial charge in [0.05, 0.1) is 6.61 Å². The molecule has 1 rings (SSSR count). The van der Waals surface area contributed by atoms with Gasteiger partial charge >= 0.3 is 0 Å². The molecule has 0 radical (unpaired) electrons. The normalized spacial score (nSPS) is 10.6. The van der Waals surface area contributed by atoms with Gasteiger partial charge in [-0.3, -0.25) is 0 Å². The summed E-state index contributed by atoms with van der Waals surface area (Å²) in [5.74, 6) is 1.49. The van der Waals surface area contributed by atoms with Crippen molar-refractivity contribution < 1.29 is 4.74 Å². The van der Waals surface area contributed by atoms with E-state index in [0.29, 0.717) is 25.1 Å². The van der Waals surface area contributed by atoms with Gasteiger partial charge in [0.25, 0.3) is 0 Å². The molecule has 0 unspecified atom stereocenters. The minimum absolute atomic E-state index is 0.354. The topological polar surface area (TPSA) is 64.3 Å². The summed E-state index contributed by atoms with van der Waals surface area (Å²) in [6.07, 6.45) is 2.50. The lowest BCUT2D eigenvalue weighted by atomic mass is 10.3. The van der Waals surface area contributed by atoms with Crippen molar-refractivity contribution in [1.82, 2.24) is 9.97 Å². The van der Waals surface area contributed by atoms with Crippen molar-refractivity contribution in [2.24, 2.45) is 5.73 Å². The number of hydrogen-bond donors (Lipinski definition) is 1. The molecule has 0 amide bonds. The second kappa shape index (κ2) is 7.06. The maximum atomic E-state index is 5.61. The minimum atomic E-state index is 0.354. The molecule has 0 aliphatic rings. The first-order chi connectivity index (χ1) is 8.19. The molecular weight excluding hydrogens is 216 g/mol. The molecule has 0 bridgehead atoms. The molecule has 0 aromatic carbocycles. The first kappa shape index (κ1) is 13.7. The molecule has 96 valence electrons. The molecule has 1 aromatic heterocycles. The van der Waals surface area contributed by atoms with Gasteiger partial charge in [-0.25, -0.2) is 9.97 Å². The Labute approximate surface area is 103 Å². The molecular formula is C12H22N4O. The fraction of sp³-hybridized carbons (Fsp3) is 0.667. The minimum Gasteiger partial charge on any atom is -0.478 e. The standard InChI is InChI=1S/C12H22N4O/c1-4-7-17-12-8-11(14-9-15-12)16(6-5-13)10(2)3/h8-10H,4-7,13H2,1-3H3.